The zero-order chi connectivity index (χ0) is 16.8. The molecule has 0 N–H and O–H groups in total. The maximum atomic E-state index is 11.4. The Balaban J connectivity index is 1.65. The molecule has 0 radical (unpaired) electrons. The van der Waals surface area contributed by atoms with E-state index in [4.69, 9.17) is 9.47 Å². The number of amides is 4. The van der Waals surface area contributed by atoms with Crippen LogP contribution in [0, 0.1) is 0 Å². The molecular formula is C15H18N2O6. The predicted octanol–water partition coefficient (Wildman–Crippen LogP) is -0.394. The molecule has 2 aliphatic rings. The van der Waals surface area contributed by atoms with Crippen molar-refractivity contribution in [3.8, 4) is 0 Å². The first-order chi connectivity index (χ1) is 11.0. The molecule has 23 heavy (non-hydrogen) atoms. The zero-order valence-electron chi connectivity index (χ0n) is 12.8. The highest BCUT2D eigenvalue weighted by atomic mass is 16.7. The first kappa shape index (κ1) is 17.0. The van der Waals surface area contributed by atoms with Crippen molar-refractivity contribution in [2.45, 2.75) is 19.6 Å². The van der Waals surface area contributed by atoms with E-state index in [1.165, 1.54) is 24.3 Å². The van der Waals surface area contributed by atoms with Crippen molar-refractivity contribution in [2.24, 2.45) is 0 Å². The fourth-order valence-corrected chi connectivity index (χ4v) is 2.14. The normalized spacial score (nSPS) is 17.5. The van der Waals surface area contributed by atoms with Gasteiger partial charge >= 0.3 is 0 Å². The molecule has 0 saturated heterocycles. The van der Waals surface area contributed by atoms with Crippen molar-refractivity contribution in [1.82, 2.24) is 9.80 Å². The predicted molar refractivity (Wildman–Crippen MR) is 77.7 cm³/mol. The molecule has 0 bridgehead atoms. The number of carbonyl (C=O) groups excluding carboxylic acids is 4. The zero-order valence-corrected chi connectivity index (χ0v) is 12.8. The Morgan fingerprint density at radius 3 is 1.43 bits per heavy atom. The Morgan fingerprint density at radius 1 is 0.783 bits per heavy atom. The molecule has 4 amide bonds. The summed E-state index contributed by atoms with van der Waals surface area (Å²) in [5, 5.41) is 0. The third-order valence-electron chi connectivity index (χ3n) is 3.37. The molecule has 0 atom stereocenters. The Kier molecular flexibility index (Phi) is 5.78. The van der Waals surface area contributed by atoms with E-state index in [-0.39, 0.29) is 49.9 Å². The number of nitrogens with zero attached hydrogens (tertiary/aromatic N) is 2. The maximum absolute atomic E-state index is 11.4. The third-order valence-corrected chi connectivity index (χ3v) is 3.37. The summed E-state index contributed by atoms with van der Waals surface area (Å²) in [7, 11) is 0. The molecular weight excluding hydrogens is 304 g/mol. The summed E-state index contributed by atoms with van der Waals surface area (Å²) in [4.78, 5) is 47.6. The molecule has 2 rings (SSSR count). The van der Waals surface area contributed by atoms with Gasteiger partial charge in [0.2, 0.25) is 0 Å². The van der Waals surface area contributed by atoms with Crippen molar-refractivity contribution in [3.63, 3.8) is 0 Å². The van der Waals surface area contributed by atoms with Gasteiger partial charge in [-0.25, -0.2) is 0 Å². The van der Waals surface area contributed by atoms with E-state index in [0.29, 0.717) is 6.42 Å². The van der Waals surface area contributed by atoms with Gasteiger partial charge in [0.15, 0.2) is 6.29 Å². The first-order valence-electron chi connectivity index (χ1n) is 7.33. The molecule has 0 aromatic carbocycles. The summed E-state index contributed by atoms with van der Waals surface area (Å²) in [6, 6.07) is 0. The van der Waals surface area contributed by atoms with Gasteiger partial charge < -0.3 is 9.47 Å². The van der Waals surface area contributed by atoms with Crippen molar-refractivity contribution in [2.75, 3.05) is 26.3 Å². The minimum atomic E-state index is -0.531. The summed E-state index contributed by atoms with van der Waals surface area (Å²) < 4.78 is 10.9. The Bertz CT molecular complexity index is 484. The standard InChI is InChI=1S/C15H18N2O6/c1-2-15(22-9-7-16-11(18)3-4-12(16)19)23-10-8-17-13(20)5-6-14(17)21/h3-6,15H,2,7-10H2,1H3. The van der Waals surface area contributed by atoms with Crippen LogP contribution < -0.4 is 0 Å². The van der Waals surface area contributed by atoms with Crippen LogP contribution in [0.15, 0.2) is 24.3 Å². The molecule has 0 spiro atoms. The van der Waals surface area contributed by atoms with Crippen LogP contribution in [0.4, 0.5) is 0 Å². The molecule has 2 heterocycles. The number of ether oxygens (including phenoxy) is 2. The second kappa shape index (κ2) is 7.80. The topological polar surface area (TPSA) is 93.2 Å². The smallest absolute Gasteiger partial charge is 0.253 e. The fraction of sp³-hybridized carbons (Fsp3) is 0.467. The Hall–Kier alpha value is -2.32. The molecule has 124 valence electrons. The molecule has 0 saturated carbocycles. The highest BCUT2D eigenvalue weighted by Crippen LogP contribution is 2.07. The van der Waals surface area contributed by atoms with E-state index < -0.39 is 6.29 Å². The van der Waals surface area contributed by atoms with Gasteiger partial charge in [0.05, 0.1) is 26.3 Å². The van der Waals surface area contributed by atoms with E-state index in [0.717, 1.165) is 9.80 Å². The van der Waals surface area contributed by atoms with Crippen LogP contribution in [0.2, 0.25) is 0 Å². The molecule has 0 aromatic heterocycles. The van der Waals surface area contributed by atoms with E-state index in [1.54, 1.807) is 0 Å². The number of imide groups is 2. The molecule has 0 unspecified atom stereocenters. The van der Waals surface area contributed by atoms with Gasteiger partial charge in [-0.05, 0) is 6.42 Å². The van der Waals surface area contributed by atoms with Gasteiger partial charge in [0, 0.05) is 24.3 Å². The lowest BCUT2D eigenvalue weighted by Crippen LogP contribution is -2.36. The quantitative estimate of drug-likeness (QED) is 0.424. The minimum absolute atomic E-state index is 0.150. The van der Waals surface area contributed by atoms with Gasteiger partial charge in [0.1, 0.15) is 0 Å². The van der Waals surface area contributed by atoms with E-state index in [2.05, 4.69) is 0 Å². The molecule has 0 aliphatic carbocycles. The molecule has 8 heteroatoms. The molecule has 0 aromatic rings. The van der Waals surface area contributed by atoms with Crippen molar-refractivity contribution in [3.05, 3.63) is 24.3 Å². The number of hydrogen-bond acceptors (Lipinski definition) is 6. The van der Waals surface area contributed by atoms with Crippen LogP contribution in [0.5, 0.6) is 0 Å². The lowest BCUT2D eigenvalue weighted by Gasteiger charge is -2.20. The highest BCUT2D eigenvalue weighted by Gasteiger charge is 2.24. The summed E-state index contributed by atoms with van der Waals surface area (Å²) in [5.41, 5.74) is 0. The van der Waals surface area contributed by atoms with Crippen LogP contribution in [0.25, 0.3) is 0 Å². The van der Waals surface area contributed by atoms with E-state index >= 15 is 0 Å². The van der Waals surface area contributed by atoms with Gasteiger partial charge in [0.25, 0.3) is 23.6 Å². The average Bonchev–Trinajstić information content (AvgIpc) is 3.02. The number of rotatable bonds is 9. The van der Waals surface area contributed by atoms with Crippen LogP contribution in [0.1, 0.15) is 13.3 Å². The summed E-state index contributed by atoms with van der Waals surface area (Å²) in [5.74, 6) is -1.42. The average molecular weight is 322 g/mol. The Morgan fingerprint density at radius 2 is 1.13 bits per heavy atom. The number of hydrogen-bond donors (Lipinski definition) is 0. The van der Waals surface area contributed by atoms with Crippen LogP contribution >= 0.6 is 0 Å². The molecule has 8 nitrogen and oxygen atoms in total. The first-order valence-corrected chi connectivity index (χ1v) is 7.33. The van der Waals surface area contributed by atoms with Crippen LogP contribution in [0.3, 0.4) is 0 Å². The summed E-state index contributed by atoms with van der Waals surface area (Å²) in [6.07, 6.45) is 4.89. The minimum Gasteiger partial charge on any atom is -0.351 e. The van der Waals surface area contributed by atoms with E-state index in [9.17, 15) is 19.2 Å². The maximum Gasteiger partial charge on any atom is 0.253 e. The largest absolute Gasteiger partial charge is 0.351 e. The summed E-state index contributed by atoms with van der Waals surface area (Å²) in [6.45, 7) is 2.46. The van der Waals surface area contributed by atoms with Gasteiger partial charge in [-0.3, -0.25) is 29.0 Å². The Labute approximate surface area is 133 Å². The second-order valence-electron chi connectivity index (χ2n) is 4.90. The van der Waals surface area contributed by atoms with Gasteiger partial charge in [-0.2, -0.15) is 0 Å². The van der Waals surface area contributed by atoms with E-state index in [1.807, 2.05) is 6.92 Å². The van der Waals surface area contributed by atoms with Crippen molar-refractivity contribution in [1.29, 1.82) is 0 Å². The summed E-state index contributed by atoms with van der Waals surface area (Å²) >= 11 is 0. The monoisotopic (exact) mass is 322 g/mol. The second-order valence-corrected chi connectivity index (χ2v) is 4.90. The third kappa shape index (κ3) is 4.33. The van der Waals surface area contributed by atoms with Gasteiger partial charge in [-0.1, -0.05) is 6.92 Å². The van der Waals surface area contributed by atoms with Crippen LogP contribution in [-0.2, 0) is 28.7 Å². The van der Waals surface area contributed by atoms with Gasteiger partial charge in [-0.15, -0.1) is 0 Å². The SMILES string of the molecule is CCC(OCCN1C(=O)C=CC1=O)OCCN1C(=O)C=CC1=O. The lowest BCUT2D eigenvalue weighted by molar-refractivity contribution is -0.157. The fourth-order valence-electron chi connectivity index (χ4n) is 2.14. The van der Waals surface area contributed by atoms with Crippen molar-refractivity contribution < 1.29 is 28.7 Å². The molecule has 0 fully saturated rings. The lowest BCUT2D eigenvalue weighted by atomic mass is 10.4. The van der Waals surface area contributed by atoms with Crippen molar-refractivity contribution >= 4 is 23.6 Å². The highest BCUT2D eigenvalue weighted by molar-refractivity contribution is 6.13. The number of carbonyl (C=O) groups is 4. The molecule has 2 aliphatic heterocycles. The van der Waals surface area contributed by atoms with Crippen LogP contribution in [-0.4, -0.2) is 66.0 Å².